The molecule has 0 amide bonds. The van der Waals surface area contributed by atoms with Gasteiger partial charge in [0.2, 0.25) is 0 Å². The van der Waals surface area contributed by atoms with Crippen LogP contribution in [0.25, 0.3) is 0 Å². The summed E-state index contributed by atoms with van der Waals surface area (Å²) in [5.41, 5.74) is 0. The third-order valence-corrected chi connectivity index (χ3v) is 5.22. The molecular weight excluding hydrogens is 362 g/mol. The molecule has 0 spiro atoms. The molecule has 0 heterocycles. The molecule has 0 radical (unpaired) electrons. The zero-order chi connectivity index (χ0) is 14.9. The summed E-state index contributed by atoms with van der Waals surface area (Å²) in [7, 11) is 13.6. The van der Waals surface area contributed by atoms with Crippen molar-refractivity contribution in [3.63, 3.8) is 0 Å². The van der Waals surface area contributed by atoms with E-state index >= 15 is 0 Å². The second-order valence-electron chi connectivity index (χ2n) is 3.75. The second kappa shape index (κ2) is 19.7. The standard InChI is InChI=1S/C12H28N2S2.2ClH.Mn/c1-5-13(6-2)9-11-15-16-12-10-14(7-3)8-4;;;/h5-12H2,1-4H3;2*1H;/q;;;+2/p-2. The van der Waals surface area contributed by atoms with E-state index in [9.17, 15) is 0 Å². The molecule has 0 N–H and O–H groups in total. The van der Waals surface area contributed by atoms with E-state index in [2.05, 4.69) is 37.5 Å². The van der Waals surface area contributed by atoms with Gasteiger partial charge in [-0.3, -0.25) is 0 Å². The molecule has 0 aromatic rings. The van der Waals surface area contributed by atoms with Crippen LogP contribution < -0.4 is 0 Å². The van der Waals surface area contributed by atoms with Crippen molar-refractivity contribution in [2.75, 3.05) is 50.8 Å². The van der Waals surface area contributed by atoms with Gasteiger partial charge in [-0.1, -0.05) is 49.3 Å². The summed E-state index contributed by atoms with van der Waals surface area (Å²) in [6.07, 6.45) is 0. The fourth-order valence-electron chi connectivity index (χ4n) is 1.53. The molecule has 0 aliphatic rings. The average molecular weight is 390 g/mol. The first-order chi connectivity index (χ1) is 9.19. The Morgan fingerprint density at radius 3 is 1.21 bits per heavy atom. The fraction of sp³-hybridized carbons (Fsp3) is 1.00. The van der Waals surface area contributed by atoms with Crippen molar-refractivity contribution >= 4 is 41.8 Å². The summed E-state index contributed by atoms with van der Waals surface area (Å²) in [4.78, 5) is 4.97. The van der Waals surface area contributed by atoms with Crippen LogP contribution in [0.5, 0.6) is 0 Å². The number of hydrogen-bond acceptors (Lipinski definition) is 4. The summed E-state index contributed by atoms with van der Waals surface area (Å²) in [5, 5.41) is 0. The Balaban J connectivity index is 0. The number of halogens is 2. The Kier molecular flexibility index (Phi) is 23.9. The van der Waals surface area contributed by atoms with Gasteiger partial charge in [-0.05, 0) is 26.2 Å². The minimum absolute atomic E-state index is 0.00694. The van der Waals surface area contributed by atoms with Gasteiger partial charge in [-0.15, -0.1) is 0 Å². The normalized spacial score (nSPS) is 10.7. The van der Waals surface area contributed by atoms with Gasteiger partial charge in [-0.25, -0.2) is 0 Å². The number of rotatable bonds is 11. The van der Waals surface area contributed by atoms with Crippen LogP contribution in [0.15, 0.2) is 0 Å². The maximum atomic E-state index is 4.80. The van der Waals surface area contributed by atoms with Crippen LogP contribution in [0.4, 0.5) is 0 Å². The Labute approximate surface area is 142 Å². The number of nitrogens with zero attached hydrogens (tertiary/aromatic N) is 2. The van der Waals surface area contributed by atoms with Crippen LogP contribution in [0.1, 0.15) is 27.7 Å². The molecule has 0 bridgehead atoms. The van der Waals surface area contributed by atoms with Gasteiger partial charge in [0.1, 0.15) is 0 Å². The van der Waals surface area contributed by atoms with Crippen LogP contribution in [0, 0.1) is 0 Å². The van der Waals surface area contributed by atoms with Crippen LogP contribution in [-0.2, 0) is 13.1 Å². The molecular formula is C12H28Cl2MnN2S2. The predicted octanol–water partition coefficient (Wildman–Crippen LogP) is 4.43. The maximum absolute atomic E-state index is 4.80. The SMILES string of the molecule is CCN(CC)CCSSCCN(CC)CC.[Cl][Mn][Cl]. The topological polar surface area (TPSA) is 6.48 Å². The van der Waals surface area contributed by atoms with E-state index in [0.717, 1.165) is 0 Å². The van der Waals surface area contributed by atoms with Gasteiger partial charge < -0.3 is 9.80 Å². The third-order valence-electron chi connectivity index (χ3n) is 2.85. The first-order valence-electron chi connectivity index (χ1n) is 6.76. The van der Waals surface area contributed by atoms with Crippen LogP contribution >= 0.6 is 41.8 Å². The third kappa shape index (κ3) is 17.7. The molecule has 0 aliphatic carbocycles. The summed E-state index contributed by atoms with van der Waals surface area (Å²) in [5.74, 6) is 2.51. The first-order valence-corrected chi connectivity index (χ1v) is 12.5. The molecule has 0 aliphatic heterocycles. The van der Waals surface area contributed by atoms with Gasteiger partial charge in [-0.2, -0.15) is 0 Å². The van der Waals surface area contributed by atoms with E-state index in [1.165, 1.54) is 50.8 Å². The Morgan fingerprint density at radius 2 is 1.00 bits per heavy atom. The Bertz CT molecular complexity index is 147. The van der Waals surface area contributed by atoms with E-state index in [-0.39, 0.29) is 13.1 Å². The quantitative estimate of drug-likeness (QED) is 0.292. The van der Waals surface area contributed by atoms with E-state index in [1.54, 1.807) is 0 Å². The van der Waals surface area contributed by atoms with E-state index in [4.69, 9.17) is 20.2 Å². The van der Waals surface area contributed by atoms with Gasteiger partial charge in [0.05, 0.1) is 0 Å². The average Bonchev–Trinajstić information content (AvgIpc) is 2.43. The van der Waals surface area contributed by atoms with E-state index in [1.807, 2.05) is 21.6 Å². The van der Waals surface area contributed by atoms with E-state index < -0.39 is 0 Å². The van der Waals surface area contributed by atoms with Crippen molar-refractivity contribution in [1.82, 2.24) is 9.80 Å². The first kappa shape index (κ1) is 23.0. The van der Waals surface area contributed by atoms with Crippen LogP contribution in [-0.4, -0.2) is 60.6 Å². The zero-order valence-electron chi connectivity index (χ0n) is 12.5. The van der Waals surface area contributed by atoms with Crippen molar-refractivity contribution in [1.29, 1.82) is 0 Å². The molecule has 0 fully saturated rings. The molecule has 119 valence electrons. The molecule has 19 heavy (non-hydrogen) atoms. The van der Waals surface area contributed by atoms with Crippen LogP contribution in [0.2, 0.25) is 0 Å². The monoisotopic (exact) mass is 389 g/mol. The molecule has 0 aromatic carbocycles. The summed E-state index contributed by atoms with van der Waals surface area (Å²) in [6, 6.07) is 0. The molecule has 2 nitrogen and oxygen atoms in total. The van der Waals surface area contributed by atoms with Crippen molar-refractivity contribution < 1.29 is 13.1 Å². The summed E-state index contributed by atoms with van der Waals surface area (Å²) >= 11 is 0.00694. The van der Waals surface area contributed by atoms with E-state index in [0.29, 0.717) is 0 Å². The molecule has 0 atom stereocenters. The summed E-state index contributed by atoms with van der Waals surface area (Å²) < 4.78 is 0. The zero-order valence-corrected chi connectivity index (χ0v) is 16.8. The predicted molar refractivity (Wildman–Crippen MR) is 92.2 cm³/mol. The van der Waals surface area contributed by atoms with Crippen molar-refractivity contribution in [3.05, 3.63) is 0 Å². The minimum atomic E-state index is 0.00694. The molecule has 7 heteroatoms. The van der Waals surface area contributed by atoms with Gasteiger partial charge in [0, 0.05) is 24.6 Å². The van der Waals surface area contributed by atoms with Crippen molar-refractivity contribution in [3.8, 4) is 0 Å². The molecule has 0 rings (SSSR count). The van der Waals surface area contributed by atoms with Crippen molar-refractivity contribution in [2.24, 2.45) is 0 Å². The van der Waals surface area contributed by atoms with Gasteiger partial charge in [0.25, 0.3) is 0 Å². The second-order valence-corrected chi connectivity index (χ2v) is 8.40. The van der Waals surface area contributed by atoms with Gasteiger partial charge >= 0.3 is 33.3 Å². The molecule has 0 aromatic heterocycles. The molecule has 0 unspecified atom stereocenters. The Morgan fingerprint density at radius 1 is 0.737 bits per heavy atom. The summed E-state index contributed by atoms with van der Waals surface area (Å²) in [6.45, 7) is 16.1. The van der Waals surface area contributed by atoms with Crippen molar-refractivity contribution in [2.45, 2.75) is 27.7 Å². The molecule has 0 saturated carbocycles. The fourth-order valence-corrected chi connectivity index (χ4v) is 3.59. The number of hydrogen-bond donors (Lipinski definition) is 0. The Hall–Kier alpha value is 1.72. The van der Waals surface area contributed by atoms with Gasteiger partial charge in [0.15, 0.2) is 0 Å². The van der Waals surface area contributed by atoms with Crippen LogP contribution in [0.3, 0.4) is 0 Å². The molecule has 0 saturated heterocycles.